The Morgan fingerprint density at radius 1 is 0.468 bits per heavy atom. The second-order valence-electron chi connectivity index (χ2n) is 10.4. The fraction of sp³-hybridized carbons (Fsp3) is 0. The number of benzene rings is 6. The molecule has 0 atom stereocenters. The molecule has 2 N–H and O–H groups in total. The van der Waals surface area contributed by atoms with E-state index in [1.165, 1.54) is 48.5 Å². The molecule has 9 heteroatoms. The van der Waals surface area contributed by atoms with Crippen LogP contribution in [0.2, 0.25) is 0 Å². The highest BCUT2D eigenvalue weighted by atomic mass is 32.2. The molecule has 0 heterocycles. The lowest BCUT2D eigenvalue weighted by Gasteiger charge is -2.13. The Kier molecular flexibility index (Phi) is 8.55. The highest BCUT2D eigenvalue weighted by Gasteiger charge is 2.19. The minimum Gasteiger partial charge on any atom is -0.478 e. The summed E-state index contributed by atoms with van der Waals surface area (Å²) in [6.07, 6.45) is 0. The van der Waals surface area contributed by atoms with Crippen LogP contribution in [-0.4, -0.2) is 30.6 Å². The van der Waals surface area contributed by atoms with Crippen LogP contribution in [0, 0.1) is 0 Å². The first kappa shape index (κ1) is 30.8. The largest absolute Gasteiger partial charge is 0.478 e. The Morgan fingerprint density at radius 2 is 0.851 bits per heavy atom. The molecule has 6 rings (SSSR count). The molecule has 0 saturated carbocycles. The van der Waals surface area contributed by atoms with Crippen molar-refractivity contribution in [3.63, 3.8) is 0 Å². The molecule has 6 aromatic carbocycles. The predicted molar refractivity (Wildman–Crippen MR) is 176 cm³/mol. The van der Waals surface area contributed by atoms with E-state index in [4.69, 9.17) is 9.47 Å². The summed E-state index contributed by atoms with van der Waals surface area (Å²) in [5, 5.41) is 18.6. The van der Waals surface area contributed by atoms with E-state index in [2.05, 4.69) is 0 Å². The lowest BCUT2D eigenvalue weighted by molar-refractivity contribution is 0.0686. The molecule has 0 aliphatic rings. The monoisotopic (exact) mass is 642 g/mol. The van der Waals surface area contributed by atoms with Crippen molar-refractivity contribution in [2.45, 2.75) is 9.79 Å². The molecule has 47 heavy (non-hydrogen) atoms. The van der Waals surface area contributed by atoms with Gasteiger partial charge in [0.05, 0.1) is 20.9 Å². The molecule has 0 fully saturated rings. The first-order chi connectivity index (χ1) is 22.7. The van der Waals surface area contributed by atoms with Gasteiger partial charge in [-0.2, -0.15) is 0 Å². The number of para-hydroxylation sites is 2. The van der Waals surface area contributed by atoms with Crippen LogP contribution in [0.25, 0.3) is 22.3 Å². The summed E-state index contributed by atoms with van der Waals surface area (Å²) in [5.41, 5.74) is 3.05. The van der Waals surface area contributed by atoms with Crippen LogP contribution >= 0.6 is 0 Å². The molecule has 6 aromatic rings. The quantitative estimate of drug-likeness (QED) is 0.152. The number of carboxylic acids is 2. The van der Waals surface area contributed by atoms with Gasteiger partial charge in [-0.3, -0.25) is 0 Å². The summed E-state index contributed by atoms with van der Waals surface area (Å²) in [7, 11) is -3.85. The molecule has 0 saturated heterocycles. The van der Waals surface area contributed by atoms with Crippen molar-refractivity contribution in [2.24, 2.45) is 0 Å². The lowest BCUT2D eigenvalue weighted by atomic mass is 10.0. The molecular weight excluding hydrogens is 616 g/mol. The van der Waals surface area contributed by atoms with Gasteiger partial charge in [0.15, 0.2) is 0 Å². The van der Waals surface area contributed by atoms with E-state index >= 15 is 0 Å². The third-order valence-corrected chi connectivity index (χ3v) is 9.13. The van der Waals surface area contributed by atoms with Crippen LogP contribution < -0.4 is 9.47 Å². The van der Waals surface area contributed by atoms with E-state index < -0.39 is 21.8 Å². The summed E-state index contributed by atoms with van der Waals surface area (Å²) in [6, 6.07) is 39.7. The third-order valence-electron chi connectivity index (χ3n) is 7.34. The average Bonchev–Trinajstić information content (AvgIpc) is 3.09. The average molecular weight is 643 g/mol. The zero-order valence-corrected chi connectivity index (χ0v) is 25.4. The molecule has 0 aromatic heterocycles. The van der Waals surface area contributed by atoms with Crippen molar-refractivity contribution in [1.29, 1.82) is 0 Å². The lowest BCUT2D eigenvalue weighted by Crippen LogP contribution is -2.02. The fourth-order valence-corrected chi connectivity index (χ4v) is 6.25. The first-order valence-electron chi connectivity index (χ1n) is 14.4. The maximum absolute atomic E-state index is 13.6. The van der Waals surface area contributed by atoms with E-state index in [1.54, 1.807) is 72.8 Å². The van der Waals surface area contributed by atoms with E-state index in [1.807, 2.05) is 24.3 Å². The first-order valence-corrected chi connectivity index (χ1v) is 15.8. The number of aromatic carboxylic acids is 2. The number of hydrogen-bond acceptors (Lipinski definition) is 6. The summed E-state index contributed by atoms with van der Waals surface area (Å²) >= 11 is 0. The molecule has 0 bridgehead atoms. The molecule has 232 valence electrons. The minimum atomic E-state index is -3.85. The standard InChI is InChI=1S/C38H26O8S/c39-37(40)27-7-5-9-29(23-27)45-35-13-3-1-11-33(35)25-15-19-31(20-16-25)47(43,44)32-21-17-26(18-22-32)34-12-2-4-14-36(34)46-30-10-6-8-28(24-30)38(41)42/h1-24H,(H,39,40)(H,41,42). The fourth-order valence-electron chi connectivity index (χ4n) is 4.99. The maximum atomic E-state index is 13.6. The highest BCUT2D eigenvalue weighted by Crippen LogP contribution is 2.36. The molecule has 0 aliphatic carbocycles. The van der Waals surface area contributed by atoms with Crippen LogP contribution in [0.5, 0.6) is 23.0 Å². The van der Waals surface area contributed by atoms with Gasteiger partial charge in [-0.05, 0) is 83.9 Å². The maximum Gasteiger partial charge on any atom is 0.335 e. The number of ether oxygens (including phenoxy) is 2. The number of carboxylic acid groups (broad SMARTS) is 2. The second-order valence-corrected chi connectivity index (χ2v) is 12.4. The van der Waals surface area contributed by atoms with E-state index in [0.29, 0.717) is 34.1 Å². The van der Waals surface area contributed by atoms with Gasteiger partial charge in [-0.1, -0.05) is 72.8 Å². The van der Waals surface area contributed by atoms with Crippen LogP contribution in [0.3, 0.4) is 0 Å². The zero-order chi connectivity index (χ0) is 33.0. The van der Waals surface area contributed by atoms with Crippen molar-refractivity contribution in [1.82, 2.24) is 0 Å². The summed E-state index contributed by atoms with van der Waals surface area (Å²) in [6.45, 7) is 0. The van der Waals surface area contributed by atoms with E-state index in [-0.39, 0.29) is 20.9 Å². The van der Waals surface area contributed by atoms with Crippen LogP contribution in [0.4, 0.5) is 0 Å². The van der Waals surface area contributed by atoms with Gasteiger partial charge < -0.3 is 19.7 Å². The van der Waals surface area contributed by atoms with Crippen molar-refractivity contribution in [3.8, 4) is 45.3 Å². The Balaban J connectivity index is 1.23. The molecule has 8 nitrogen and oxygen atoms in total. The number of carbonyl (C=O) groups is 2. The summed E-state index contributed by atoms with van der Waals surface area (Å²) in [4.78, 5) is 23.0. The minimum absolute atomic E-state index is 0.100. The topological polar surface area (TPSA) is 127 Å². The van der Waals surface area contributed by atoms with Crippen LogP contribution in [0.1, 0.15) is 20.7 Å². The number of hydrogen-bond donors (Lipinski definition) is 2. The van der Waals surface area contributed by atoms with Crippen LogP contribution in [0.15, 0.2) is 155 Å². The predicted octanol–water partition coefficient (Wildman–Crippen LogP) is 8.83. The SMILES string of the molecule is O=C(O)c1cccc(Oc2ccccc2-c2ccc(S(=O)(=O)c3ccc(-c4ccccc4Oc4cccc(C(=O)O)c4)cc3)cc2)c1. The third kappa shape index (κ3) is 6.75. The Labute approximate surface area is 270 Å². The molecule has 0 spiro atoms. The van der Waals surface area contributed by atoms with Gasteiger partial charge in [0.2, 0.25) is 9.84 Å². The van der Waals surface area contributed by atoms with E-state index in [0.717, 1.165) is 11.1 Å². The van der Waals surface area contributed by atoms with Crippen molar-refractivity contribution in [2.75, 3.05) is 0 Å². The van der Waals surface area contributed by atoms with Crippen molar-refractivity contribution >= 4 is 21.8 Å². The molecule has 0 radical (unpaired) electrons. The number of sulfone groups is 1. The number of rotatable bonds is 10. The zero-order valence-electron chi connectivity index (χ0n) is 24.6. The molecule has 0 unspecified atom stereocenters. The summed E-state index contributed by atoms with van der Waals surface area (Å²) < 4.78 is 39.2. The summed E-state index contributed by atoms with van der Waals surface area (Å²) in [5.74, 6) is -0.423. The van der Waals surface area contributed by atoms with Crippen LogP contribution in [-0.2, 0) is 9.84 Å². The van der Waals surface area contributed by atoms with Crippen molar-refractivity contribution < 1.29 is 37.7 Å². The van der Waals surface area contributed by atoms with E-state index in [9.17, 15) is 28.2 Å². The molecular formula is C38H26O8S. The smallest absolute Gasteiger partial charge is 0.335 e. The van der Waals surface area contributed by atoms with Gasteiger partial charge in [-0.15, -0.1) is 0 Å². The molecule has 0 aliphatic heterocycles. The van der Waals surface area contributed by atoms with Gasteiger partial charge >= 0.3 is 11.9 Å². The Bertz CT molecular complexity index is 2050. The second kappa shape index (κ2) is 13.0. The Hall–Kier alpha value is -6.19. The van der Waals surface area contributed by atoms with Crippen molar-refractivity contribution in [3.05, 3.63) is 157 Å². The normalized spacial score (nSPS) is 11.1. The molecule has 0 amide bonds. The highest BCUT2D eigenvalue weighted by molar-refractivity contribution is 7.91. The van der Waals surface area contributed by atoms with Gasteiger partial charge in [0, 0.05) is 11.1 Å². The van der Waals surface area contributed by atoms with Gasteiger partial charge in [0.25, 0.3) is 0 Å². The Morgan fingerprint density at radius 3 is 1.23 bits per heavy atom. The van der Waals surface area contributed by atoms with Gasteiger partial charge in [0.1, 0.15) is 23.0 Å². The van der Waals surface area contributed by atoms with Gasteiger partial charge in [-0.25, -0.2) is 18.0 Å².